The molecule has 1 N–H and O–H groups in total. The van der Waals surface area contributed by atoms with E-state index < -0.39 is 0 Å². The molecule has 2 unspecified atom stereocenters. The Morgan fingerprint density at radius 1 is 1.22 bits per heavy atom. The average Bonchev–Trinajstić information content (AvgIpc) is 3.11. The highest BCUT2D eigenvalue weighted by Gasteiger charge is 2.29. The molecule has 3 aromatic rings. The number of nitrogens with one attached hydrogen (secondary N) is 1. The van der Waals surface area contributed by atoms with E-state index in [0.29, 0.717) is 23.8 Å². The van der Waals surface area contributed by atoms with Gasteiger partial charge in [0.2, 0.25) is 5.95 Å². The first-order chi connectivity index (χ1) is 13.1. The van der Waals surface area contributed by atoms with Gasteiger partial charge in [0.1, 0.15) is 17.9 Å². The van der Waals surface area contributed by atoms with E-state index in [1.807, 2.05) is 17.1 Å². The second kappa shape index (κ2) is 7.14. The standard InChI is InChI=1S/C19H20N6O2/c1-12-7-14(15-8-20-11-21-9-15)10-25-17(12)22-19(24-25)23-18(26)13-3-5-16(27-2)6-4-13/h3-6,8-9,11-12,14H,7,10H2,1-2H3,(H,23,24,26). The molecule has 2 aromatic heterocycles. The molecule has 1 amide bonds. The largest absolute Gasteiger partial charge is 0.497 e. The zero-order valence-electron chi connectivity index (χ0n) is 15.2. The second-order valence-electron chi connectivity index (χ2n) is 6.66. The maximum absolute atomic E-state index is 12.4. The summed E-state index contributed by atoms with van der Waals surface area (Å²) in [6, 6.07) is 6.90. The number of amides is 1. The predicted octanol–water partition coefficient (Wildman–Crippen LogP) is 2.62. The summed E-state index contributed by atoms with van der Waals surface area (Å²) >= 11 is 0. The van der Waals surface area contributed by atoms with Gasteiger partial charge in [0.05, 0.1) is 13.7 Å². The number of benzene rings is 1. The van der Waals surface area contributed by atoms with Gasteiger partial charge >= 0.3 is 0 Å². The number of nitrogens with zero attached hydrogens (tertiary/aromatic N) is 5. The number of hydrogen-bond donors (Lipinski definition) is 1. The van der Waals surface area contributed by atoms with Crippen molar-refractivity contribution in [3.05, 3.63) is 59.9 Å². The lowest BCUT2D eigenvalue weighted by atomic mass is 9.88. The zero-order chi connectivity index (χ0) is 18.8. The molecule has 0 aliphatic carbocycles. The highest BCUT2D eigenvalue weighted by molar-refractivity contribution is 6.03. The Morgan fingerprint density at radius 2 is 1.96 bits per heavy atom. The predicted molar refractivity (Wildman–Crippen MR) is 98.8 cm³/mol. The molecule has 0 fully saturated rings. The maximum Gasteiger partial charge on any atom is 0.258 e. The third-order valence-corrected chi connectivity index (χ3v) is 4.80. The van der Waals surface area contributed by atoms with Crippen molar-refractivity contribution in [3.63, 3.8) is 0 Å². The fraction of sp³-hybridized carbons (Fsp3) is 0.316. The summed E-state index contributed by atoms with van der Waals surface area (Å²) in [6.07, 6.45) is 6.17. The van der Waals surface area contributed by atoms with Crippen LogP contribution in [0.2, 0.25) is 0 Å². The summed E-state index contributed by atoms with van der Waals surface area (Å²) in [5.41, 5.74) is 1.62. The van der Waals surface area contributed by atoms with Gasteiger partial charge in [-0.1, -0.05) is 6.92 Å². The molecule has 0 bridgehead atoms. The van der Waals surface area contributed by atoms with E-state index >= 15 is 0 Å². The van der Waals surface area contributed by atoms with Gasteiger partial charge in [-0.05, 0) is 36.2 Å². The number of hydrogen-bond acceptors (Lipinski definition) is 6. The molecule has 3 heterocycles. The zero-order valence-corrected chi connectivity index (χ0v) is 15.2. The van der Waals surface area contributed by atoms with Gasteiger partial charge < -0.3 is 4.74 Å². The van der Waals surface area contributed by atoms with Gasteiger partial charge in [-0.25, -0.2) is 14.6 Å². The topological polar surface area (TPSA) is 94.8 Å². The third kappa shape index (κ3) is 3.51. The molecule has 8 heteroatoms. The van der Waals surface area contributed by atoms with Crippen LogP contribution >= 0.6 is 0 Å². The number of rotatable bonds is 4. The molecule has 1 aromatic carbocycles. The summed E-state index contributed by atoms with van der Waals surface area (Å²) in [5.74, 6) is 2.16. The van der Waals surface area contributed by atoms with Crippen LogP contribution in [-0.2, 0) is 6.54 Å². The van der Waals surface area contributed by atoms with E-state index in [9.17, 15) is 4.79 Å². The van der Waals surface area contributed by atoms with Crippen molar-refractivity contribution in [2.45, 2.75) is 31.7 Å². The molecular weight excluding hydrogens is 344 g/mol. The number of carbonyl (C=O) groups excluding carboxylic acids is 1. The van der Waals surface area contributed by atoms with Crippen molar-refractivity contribution in [3.8, 4) is 5.75 Å². The van der Waals surface area contributed by atoms with Crippen LogP contribution < -0.4 is 10.1 Å². The SMILES string of the molecule is COc1ccc(C(=O)Nc2nc3n(n2)CC(c2cncnc2)CC3C)cc1. The Morgan fingerprint density at radius 3 is 2.67 bits per heavy atom. The van der Waals surface area contributed by atoms with E-state index in [1.54, 1.807) is 31.4 Å². The summed E-state index contributed by atoms with van der Waals surface area (Å²) < 4.78 is 6.98. The first-order valence-corrected chi connectivity index (χ1v) is 8.79. The summed E-state index contributed by atoms with van der Waals surface area (Å²) in [7, 11) is 1.59. The third-order valence-electron chi connectivity index (χ3n) is 4.80. The Balaban J connectivity index is 1.51. The van der Waals surface area contributed by atoms with Crippen molar-refractivity contribution < 1.29 is 9.53 Å². The molecule has 8 nitrogen and oxygen atoms in total. The molecule has 2 atom stereocenters. The minimum Gasteiger partial charge on any atom is -0.497 e. The van der Waals surface area contributed by atoms with Crippen LogP contribution in [0.3, 0.4) is 0 Å². The average molecular weight is 364 g/mol. The molecule has 1 aliphatic rings. The summed E-state index contributed by atoms with van der Waals surface area (Å²) in [4.78, 5) is 25.2. The molecule has 138 valence electrons. The fourth-order valence-electron chi connectivity index (χ4n) is 3.40. The van der Waals surface area contributed by atoms with Gasteiger partial charge in [0.15, 0.2) is 0 Å². The van der Waals surface area contributed by atoms with Crippen LogP contribution in [0.5, 0.6) is 5.75 Å². The van der Waals surface area contributed by atoms with Crippen molar-refractivity contribution in [2.75, 3.05) is 12.4 Å². The molecule has 0 spiro atoms. The molecule has 0 saturated carbocycles. The van der Waals surface area contributed by atoms with Crippen LogP contribution in [0.15, 0.2) is 43.0 Å². The lowest BCUT2D eigenvalue weighted by Crippen LogP contribution is -2.22. The highest BCUT2D eigenvalue weighted by atomic mass is 16.5. The van der Waals surface area contributed by atoms with Gasteiger partial charge in [-0.15, -0.1) is 5.10 Å². The van der Waals surface area contributed by atoms with Gasteiger partial charge in [0, 0.05) is 29.8 Å². The minimum absolute atomic E-state index is 0.225. The van der Waals surface area contributed by atoms with E-state index in [1.165, 1.54) is 6.33 Å². The van der Waals surface area contributed by atoms with Crippen LogP contribution in [0.4, 0.5) is 5.95 Å². The number of fused-ring (bicyclic) bond motifs is 1. The van der Waals surface area contributed by atoms with Gasteiger partial charge in [-0.3, -0.25) is 10.1 Å². The first-order valence-electron chi connectivity index (χ1n) is 8.79. The van der Waals surface area contributed by atoms with Crippen LogP contribution in [0.1, 0.15) is 46.9 Å². The first kappa shape index (κ1) is 17.1. The Hall–Kier alpha value is -3.29. The smallest absolute Gasteiger partial charge is 0.258 e. The van der Waals surface area contributed by atoms with Crippen molar-refractivity contribution in [1.29, 1.82) is 0 Å². The van der Waals surface area contributed by atoms with Crippen LogP contribution in [0.25, 0.3) is 0 Å². The molecular formula is C19H20N6O2. The lowest BCUT2D eigenvalue weighted by molar-refractivity contribution is 0.102. The normalized spacial score (nSPS) is 18.6. The highest BCUT2D eigenvalue weighted by Crippen LogP contribution is 2.35. The number of aromatic nitrogens is 5. The molecule has 0 radical (unpaired) electrons. The van der Waals surface area contributed by atoms with E-state index in [4.69, 9.17) is 4.74 Å². The number of carbonyl (C=O) groups is 1. The van der Waals surface area contributed by atoms with Crippen molar-refractivity contribution in [1.82, 2.24) is 24.7 Å². The van der Waals surface area contributed by atoms with Crippen LogP contribution in [-0.4, -0.2) is 37.7 Å². The van der Waals surface area contributed by atoms with Crippen molar-refractivity contribution >= 4 is 11.9 Å². The Bertz CT molecular complexity index is 939. The molecule has 0 saturated heterocycles. The number of anilines is 1. The molecule has 27 heavy (non-hydrogen) atoms. The lowest BCUT2D eigenvalue weighted by Gasteiger charge is -2.26. The Kier molecular flexibility index (Phi) is 4.53. The van der Waals surface area contributed by atoms with E-state index in [0.717, 1.165) is 17.8 Å². The van der Waals surface area contributed by atoms with E-state index in [-0.39, 0.29) is 17.7 Å². The number of ether oxygens (including phenoxy) is 1. The summed E-state index contributed by atoms with van der Waals surface area (Å²) in [5, 5.41) is 7.26. The minimum atomic E-state index is -0.249. The fourth-order valence-corrected chi connectivity index (χ4v) is 3.40. The Labute approximate surface area is 156 Å². The monoisotopic (exact) mass is 364 g/mol. The number of methoxy groups -OCH3 is 1. The van der Waals surface area contributed by atoms with Gasteiger partial charge in [-0.2, -0.15) is 4.98 Å². The van der Waals surface area contributed by atoms with Crippen LogP contribution in [0, 0.1) is 0 Å². The summed E-state index contributed by atoms with van der Waals surface area (Å²) in [6.45, 7) is 2.81. The quantitative estimate of drug-likeness (QED) is 0.765. The molecule has 4 rings (SSSR count). The van der Waals surface area contributed by atoms with Gasteiger partial charge in [0.25, 0.3) is 5.91 Å². The maximum atomic E-state index is 12.4. The molecule has 1 aliphatic heterocycles. The van der Waals surface area contributed by atoms with E-state index in [2.05, 4.69) is 32.3 Å². The second-order valence-corrected chi connectivity index (χ2v) is 6.66. The van der Waals surface area contributed by atoms with Crippen molar-refractivity contribution in [2.24, 2.45) is 0 Å².